The highest BCUT2D eigenvalue weighted by molar-refractivity contribution is 14.3. The molecule has 5 fully saturated rings. The number of aliphatic hydroxyl groups is 17. The van der Waals surface area contributed by atoms with Crippen LogP contribution in [0.15, 0.2) is 195 Å². The SMILES string of the molecule is C.C=CCOC(=O)NC1C(O)C(C)OC(OC2/C=C/C=C/C=C/C=C/C=C/C=C/C=C/C(C)C(O)C(C)C(C)OC(=O)CC(O)CC(O)CCC(O)C(O)CC(O)CC3(OC)CC(O)C(NC(C)=O)C(C2)O3)C1O.C=CCOC(=O)NC1C(O)C(C)OC(OC2/C=C/C=C/C=C/C=C/C=C/C=C/C=C/C(C)C(O)C(C)C(C)OC(=O)CC(O)CC(O)CCC(O)C(O)CC(O)CC3(OC)CC4OC(=O)NC4C(C2)O3)C1O.IC(I)I. The lowest BCUT2D eigenvalue weighted by Crippen LogP contribution is -2.64. The van der Waals surface area contributed by atoms with Gasteiger partial charge in [0, 0.05) is 96.2 Å². The Balaban J connectivity index is 0.000000599. The Bertz CT molecular complexity index is 4440. The number of esters is 2. The summed E-state index contributed by atoms with van der Waals surface area (Å²) in [5.41, 5.74) is 0. The number of rotatable bonds is 13. The van der Waals surface area contributed by atoms with Gasteiger partial charge >= 0.3 is 30.2 Å². The monoisotopic (exact) mass is 2460 g/mol. The number of halogens is 3. The van der Waals surface area contributed by atoms with Gasteiger partial charge < -0.3 is 170 Å². The Morgan fingerprint density at radius 2 is 0.740 bits per heavy atom. The molecular formula is C107H165I3N4O36. The molecule has 43 heteroatoms. The average Bonchev–Trinajstić information content (AvgIpc) is 1.33. The van der Waals surface area contributed by atoms with Crippen molar-refractivity contribution >= 4 is 104 Å². The largest absolute Gasteiger partial charge is 0.462 e. The van der Waals surface area contributed by atoms with Crippen molar-refractivity contribution < 1.29 is 177 Å². The van der Waals surface area contributed by atoms with Gasteiger partial charge in [-0.3, -0.25) is 14.4 Å². The second-order valence-corrected chi connectivity index (χ2v) is 49.1. The lowest BCUT2D eigenvalue weighted by molar-refractivity contribution is -0.312. The fourth-order valence-corrected chi connectivity index (χ4v) is 17.6. The number of alkyl carbamates (subject to hydrolysis) is 3. The molecule has 4 amide bonds. The zero-order valence-corrected chi connectivity index (χ0v) is 92.8. The Morgan fingerprint density at radius 3 is 1.09 bits per heavy atom. The second kappa shape index (κ2) is 71.5. The number of carbonyl (C=O) groups excluding carboxylic acids is 6. The molecule has 0 aromatic heterocycles. The van der Waals surface area contributed by atoms with Gasteiger partial charge in [-0.15, -0.1) is 0 Å². The third-order valence-corrected chi connectivity index (χ3v) is 26.2. The summed E-state index contributed by atoms with van der Waals surface area (Å²) in [5, 5.41) is 197. The van der Waals surface area contributed by atoms with E-state index >= 15 is 0 Å². The van der Waals surface area contributed by atoms with Crippen LogP contribution in [0, 0.1) is 23.7 Å². The normalized spacial score (nSPS) is 40.9. The molecule has 7 rings (SSSR count). The van der Waals surface area contributed by atoms with Crippen LogP contribution in [0.2, 0.25) is 0 Å². The first kappa shape index (κ1) is 136. The summed E-state index contributed by atoms with van der Waals surface area (Å²) in [7, 11) is 2.64. The van der Waals surface area contributed by atoms with E-state index in [4.69, 9.17) is 61.6 Å². The average molecular weight is 2460 g/mol. The molecule has 7 aliphatic rings. The van der Waals surface area contributed by atoms with Crippen LogP contribution in [0.25, 0.3) is 0 Å². The summed E-state index contributed by atoms with van der Waals surface area (Å²) < 4.78 is 76.8. The molecular weight excluding hydrogens is 2300 g/mol. The number of nitrogens with one attached hydrogen (secondary N) is 4. The topological polar surface area (TPSA) is 614 Å². The molecule has 0 radical (unpaired) electrons. The molecule has 0 spiro atoms. The molecule has 7 aliphatic heterocycles. The summed E-state index contributed by atoms with van der Waals surface area (Å²) in [6, 6.07) is -4.38. The van der Waals surface area contributed by atoms with E-state index in [0.29, 0.717) is 0 Å². The molecule has 38 atom stereocenters. The first-order valence-electron chi connectivity index (χ1n) is 50.2. The first-order valence-corrected chi connectivity index (χ1v) is 54.0. The van der Waals surface area contributed by atoms with Gasteiger partial charge in [0.15, 0.2) is 24.2 Å². The minimum atomic E-state index is -1.73. The number of alkyl halides is 3. The highest BCUT2D eigenvalue weighted by Gasteiger charge is 2.56. The van der Waals surface area contributed by atoms with E-state index in [1.54, 1.807) is 125 Å². The van der Waals surface area contributed by atoms with E-state index in [9.17, 15) is 116 Å². The minimum Gasteiger partial charge on any atom is -0.462 e. The Labute approximate surface area is 921 Å². The first-order chi connectivity index (χ1) is 70.6. The molecule has 38 unspecified atom stereocenters. The highest BCUT2D eigenvalue weighted by atomic mass is 127. The van der Waals surface area contributed by atoms with Crippen LogP contribution in [0.3, 0.4) is 0 Å². The Hall–Kier alpha value is -6.75. The van der Waals surface area contributed by atoms with Crippen molar-refractivity contribution in [2.45, 2.75) is 379 Å². The third-order valence-electron chi connectivity index (χ3n) is 26.2. The van der Waals surface area contributed by atoms with E-state index in [1.807, 2.05) is 86.8 Å². The predicted molar refractivity (Wildman–Crippen MR) is 584 cm³/mol. The second-order valence-electron chi connectivity index (χ2n) is 38.2. The fraction of sp³-hybridized carbons (Fsp3) is 0.645. The molecule has 0 aromatic carbocycles. The molecule has 5 saturated heterocycles. The van der Waals surface area contributed by atoms with Crippen LogP contribution in [0.1, 0.15) is 172 Å². The van der Waals surface area contributed by atoms with Crippen molar-refractivity contribution in [3.63, 3.8) is 0 Å². The lowest BCUT2D eigenvalue weighted by Gasteiger charge is -2.48. The third kappa shape index (κ3) is 49.4. The maximum atomic E-state index is 12.7. The van der Waals surface area contributed by atoms with Crippen LogP contribution in [0.5, 0.6) is 0 Å². The fourth-order valence-electron chi connectivity index (χ4n) is 17.6. The van der Waals surface area contributed by atoms with E-state index in [2.05, 4.69) is 102 Å². The number of hydrogen-bond acceptors (Lipinski definition) is 36. The molecule has 40 nitrogen and oxygen atoms in total. The number of cyclic esters (lactones) is 2. The smallest absolute Gasteiger partial charge is 0.407 e. The van der Waals surface area contributed by atoms with Crippen molar-refractivity contribution in [2.24, 2.45) is 23.7 Å². The molecule has 850 valence electrons. The zero-order chi connectivity index (χ0) is 111. The molecule has 150 heavy (non-hydrogen) atoms. The van der Waals surface area contributed by atoms with E-state index in [0.717, 1.165) is -0.0619 Å². The molecule has 7 heterocycles. The number of fused-ring (bicyclic) bond motifs is 6. The molecule has 4 bridgehead atoms. The number of hydrogen-bond donors (Lipinski definition) is 21. The summed E-state index contributed by atoms with van der Waals surface area (Å²) in [5.74, 6) is -6.72. The van der Waals surface area contributed by atoms with Crippen molar-refractivity contribution in [1.29, 1.82) is 0 Å². The van der Waals surface area contributed by atoms with Crippen molar-refractivity contribution in [3.05, 3.63) is 195 Å². The number of methoxy groups -OCH3 is 2. The van der Waals surface area contributed by atoms with E-state index in [1.165, 1.54) is 47.1 Å². The number of allylic oxidation sites excluding steroid dienone is 24. The standard InChI is InChI=1S/C53H82N2O18.C52H78N2O18.CHI3.CH4/c1-8-25-69-52(67)55-47-49(65)35(5)71-51(50(47)66)72-40-22-20-18-16-14-12-10-9-11-13-15-17-19-21-32(2)48(64)33(3)34(4)70-45(63)28-38(58)26-37(57)23-24-41(60)42(61)27-39(59)30-53(68-7)31-43(62)46(54-36(6)56)44(29-40)73-53;1-7-24-67-50(64)54-45-47(62)34(5)69-49(48(45)63)70-38-21-19-17-15-13-11-9-8-10-12-14-16-18-20-31(2)46(61)32(3)33(4)68-43(60)27-36(56)25-35(55)22-23-39(58)40(59)26-37(57)29-52(66-6)30-42-44(41(28-38)72-52)53-51(65)71-42;2-1(3)4;/h8-22,32-35,37-44,46-51,57-62,64-66H,1,23-31H2,2-7H3,(H,54,56)(H,55,67);7-21,31-42,44-49,55-59,61-63H,1,22-30H2,2-6H3,(H,53,65)(H,54,64);1H;1H4/b10-9+,13-11+,14-12+,17-15+,18-16+,21-19+,22-20+;9-8+,12-10+,13-11+,16-14+,17-15+,20-18+,21-19+;;. The molecule has 21 N–H and O–H groups in total. The van der Waals surface area contributed by atoms with Crippen molar-refractivity contribution in [2.75, 3.05) is 27.4 Å². The minimum absolute atomic E-state index is 0. The summed E-state index contributed by atoms with van der Waals surface area (Å²) >= 11 is 6.95. The number of carbonyl (C=O) groups is 6. The summed E-state index contributed by atoms with van der Waals surface area (Å²) in [6.07, 6.45) is 12.9. The lowest BCUT2D eigenvalue weighted by atomic mass is 9.86. The Kier molecular flexibility index (Phi) is 64.6. The number of ether oxygens (including phenoxy) is 13. The molecule has 0 aromatic rings. The highest BCUT2D eigenvalue weighted by Crippen LogP contribution is 2.42. The van der Waals surface area contributed by atoms with Crippen molar-refractivity contribution in [1.82, 2.24) is 21.3 Å². The number of aliphatic hydroxyl groups excluding tert-OH is 17. The van der Waals surface area contributed by atoms with Crippen LogP contribution in [-0.2, 0) is 76.0 Å². The summed E-state index contributed by atoms with van der Waals surface area (Å²) in [6.45, 7) is 21.6. The maximum absolute atomic E-state index is 12.7. The number of amides is 4. The zero-order valence-electron chi connectivity index (χ0n) is 86.3. The quantitative estimate of drug-likeness (QED) is 0.0272. The van der Waals surface area contributed by atoms with Gasteiger partial charge in [-0.25, -0.2) is 14.4 Å². The van der Waals surface area contributed by atoms with Crippen LogP contribution >= 0.6 is 67.8 Å². The van der Waals surface area contributed by atoms with Gasteiger partial charge in [0.05, 0.1) is 153 Å². The van der Waals surface area contributed by atoms with Crippen molar-refractivity contribution in [3.8, 4) is 0 Å². The van der Waals surface area contributed by atoms with Gasteiger partial charge in [0.2, 0.25) is 5.91 Å². The Morgan fingerprint density at radius 1 is 0.400 bits per heavy atom. The molecule has 0 aliphatic carbocycles. The van der Waals surface area contributed by atoms with E-state index < -0.39 is 274 Å². The van der Waals surface area contributed by atoms with E-state index in [-0.39, 0.29) is 116 Å². The maximum Gasteiger partial charge on any atom is 0.407 e. The van der Waals surface area contributed by atoms with Crippen LogP contribution in [0.4, 0.5) is 14.4 Å². The van der Waals surface area contributed by atoms with Crippen LogP contribution in [-0.4, -0.2) is 357 Å². The van der Waals surface area contributed by atoms with Gasteiger partial charge in [-0.05, 0) is 66.2 Å². The summed E-state index contributed by atoms with van der Waals surface area (Å²) in [4.78, 5) is 75.6. The molecule has 0 saturated carbocycles. The van der Waals surface area contributed by atoms with Gasteiger partial charge in [-0.2, -0.15) is 0 Å². The van der Waals surface area contributed by atoms with Gasteiger partial charge in [0.1, 0.15) is 55.9 Å². The predicted octanol–water partition coefficient (Wildman–Crippen LogP) is 8.07. The van der Waals surface area contributed by atoms with Gasteiger partial charge in [0.25, 0.3) is 0 Å². The van der Waals surface area contributed by atoms with Gasteiger partial charge in [-0.1, -0.05) is 298 Å². The van der Waals surface area contributed by atoms with Crippen LogP contribution < -0.4 is 21.3 Å².